The van der Waals surface area contributed by atoms with E-state index < -0.39 is 110 Å². The maximum Gasteiger partial charge on any atom is 0.265 e. The molecule has 37 heavy (non-hydrogen) atoms. The Morgan fingerprint density at radius 2 is 0.541 bits per heavy atom. The molecule has 0 amide bonds. The molecule has 3 aromatic carbocycles. The zero-order valence-corrected chi connectivity index (χ0v) is 18.3. The molecule has 0 heterocycles. The van der Waals surface area contributed by atoms with E-state index in [1.54, 1.807) is 0 Å². The van der Waals surface area contributed by atoms with Gasteiger partial charge in [0.25, 0.3) is 6.71 Å². The van der Waals surface area contributed by atoms with Gasteiger partial charge in [-0.05, 0) is 0 Å². The summed E-state index contributed by atoms with van der Waals surface area (Å²) in [4.78, 5) is 0. The molecule has 3 rings (SSSR count). The molecule has 0 atom stereocenters. The standard InChI is InChI=1S/C21H9BF12O3/c1-35-19-10(26)4(7(23)13(29)16(19)32)22(5-8(24)14(30)17(33)20(36-2)11(5)27)6-9(25)15(31)18(34)21(37-3)12(6)28/h1-3H3. The van der Waals surface area contributed by atoms with Crippen molar-refractivity contribution in [1.29, 1.82) is 0 Å². The lowest BCUT2D eigenvalue weighted by molar-refractivity contribution is 0.336. The van der Waals surface area contributed by atoms with E-state index >= 15 is 13.2 Å². The summed E-state index contributed by atoms with van der Waals surface area (Å²) in [6, 6.07) is 0. The first-order valence-electron chi connectivity index (χ1n) is 9.47. The maximum atomic E-state index is 15.2. The van der Waals surface area contributed by atoms with Crippen LogP contribution in [-0.4, -0.2) is 28.0 Å². The van der Waals surface area contributed by atoms with Gasteiger partial charge in [0.1, 0.15) is 0 Å². The molecule has 3 aromatic rings. The van der Waals surface area contributed by atoms with E-state index in [-0.39, 0.29) is 0 Å². The van der Waals surface area contributed by atoms with Crippen LogP contribution in [0.5, 0.6) is 17.2 Å². The van der Waals surface area contributed by atoms with Crippen LogP contribution in [0.2, 0.25) is 0 Å². The largest absolute Gasteiger partial charge is 0.491 e. The first-order chi connectivity index (χ1) is 17.3. The predicted octanol–water partition coefficient (Wildman–Crippen LogP) is 3.90. The molecule has 0 spiro atoms. The fourth-order valence-electron chi connectivity index (χ4n) is 3.62. The minimum Gasteiger partial charge on any atom is -0.491 e. The van der Waals surface area contributed by atoms with Gasteiger partial charge in [-0.3, -0.25) is 0 Å². The highest BCUT2D eigenvalue weighted by Crippen LogP contribution is 2.30. The Kier molecular flexibility index (Phi) is 7.51. The van der Waals surface area contributed by atoms with Crippen molar-refractivity contribution < 1.29 is 66.9 Å². The van der Waals surface area contributed by atoms with Gasteiger partial charge in [0, 0.05) is 16.4 Å². The quantitative estimate of drug-likeness (QED) is 0.203. The molecule has 0 aliphatic rings. The van der Waals surface area contributed by atoms with Crippen molar-refractivity contribution in [2.75, 3.05) is 21.3 Å². The molecule has 0 bridgehead atoms. The second kappa shape index (κ2) is 9.97. The molecule has 0 aliphatic carbocycles. The SMILES string of the molecule is COc1c(F)c(F)c(F)c(B(c2c(F)c(F)c(F)c(OC)c2F)c2c(F)c(F)c(F)c(OC)c2F)c1F. The van der Waals surface area contributed by atoms with E-state index in [9.17, 15) is 39.5 Å². The first kappa shape index (κ1) is 27.9. The lowest BCUT2D eigenvalue weighted by atomic mass is 9.35. The summed E-state index contributed by atoms with van der Waals surface area (Å²) < 4.78 is 188. The summed E-state index contributed by atoms with van der Waals surface area (Å²) in [6.45, 7) is -3.48. The Bertz CT molecular complexity index is 1260. The topological polar surface area (TPSA) is 27.7 Å². The second-order valence-corrected chi connectivity index (χ2v) is 7.04. The van der Waals surface area contributed by atoms with Crippen molar-refractivity contribution in [3.05, 3.63) is 69.8 Å². The second-order valence-electron chi connectivity index (χ2n) is 7.04. The Morgan fingerprint density at radius 1 is 0.324 bits per heavy atom. The van der Waals surface area contributed by atoms with Gasteiger partial charge < -0.3 is 14.2 Å². The molecule has 198 valence electrons. The average molecular weight is 548 g/mol. The van der Waals surface area contributed by atoms with Crippen LogP contribution in [0.15, 0.2) is 0 Å². The van der Waals surface area contributed by atoms with Gasteiger partial charge in [-0.2, -0.15) is 13.2 Å². The van der Waals surface area contributed by atoms with E-state index in [0.29, 0.717) is 21.3 Å². The van der Waals surface area contributed by atoms with Crippen LogP contribution < -0.4 is 30.6 Å². The molecule has 0 saturated carbocycles. The zero-order chi connectivity index (χ0) is 28.1. The van der Waals surface area contributed by atoms with Gasteiger partial charge in [0.2, 0.25) is 17.5 Å². The molecule has 0 aromatic heterocycles. The molecule has 0 saturated heterocycles. The van der Waals surface area contributed by atoms with Crippen molar-refractivity contribution in [2.45, 2.75) is 0 Å². The number of hydrogen-bond donors (Lipinski definition) is 0. The van der Waals surface area contributed by atoms with Gasteiger partial charge >= 0.3 is 0 Å². The zero-order valence-electron chi connectivity index (χ0n) is 18.3. The highest BCUT2D eigenvalue weighted by Gasteiger charge is 2.45. The Morgan fingerprint density at radius 3 is 0.730 bits per heavy atom. The summed E-state index contributed by atoms with van der Waals surface area (Å²) >= 11 is 0. The lowest BCUT2D eigenvalue weighted by Crippen LogP contribution is -2.60. The van der Waals surface area contributed by atoms with Crippen molar-refractivity contribution in [3.8, 4) is 17.2 Å². The third-order valence-electron chi connectivity index (χ3n) is 5.25. The number of halogens is 12. The molecule has 0 radical (unpaired) electrons. The molecule has 3 nitrogen and oxygen atoms in total. The monoisotopic (exact) mass is 548 g/mol. The van der Waals surface area contributed by atoms with E-state index in [2.05, 4.69) is 14.2 Å². The fourth-order valence-corrected chi connectivity index (χ4v) is 3.62. The Labute approximate surface area is 199 Å². The van der Waals surface area contributed by atoms with Crippen LogP contribution in [0.4, 0.5) is 52.7 Å². The van der Waals surface area contributed by atoms with Crippen LogP contribution in [0.25, 0.3) is 0 Å². The minimum absolute atomic E-state index is 0.501. The maximum absolute atomic E-state index is 15.2. The van der Waals surface area contributed by atoms with Crippen LogP contribution in [0, 0.1) is 69.8 Å². The summed E-state index contributed by atoms with van der Waals surface area (Å²) in [5.41, 5.74) is -6.52. The molecule has 16 heteroatoms. The predicted molar refractivity (Wildman–Crippen MR) is 103 cm³/mol. The van der Waals surface area contributed by atoms with Gasteiger partial charge in [-0.1, -0.05) is 0 Å². The van der Waals surface area contributed by atoms with Gasteiger partial charge in [-0.15, -0.1) is 0 Å². The van der Waals surface area contributed by atoms with Crippen molar-refractivity contribution >= 4 is 23.1 Å². The third kappa shape index (κ3) is 3.98. The lowest BCUT2D eigenvalue weighted by Gasteiger charge is -2.23. The molecule has 0 N–H and O–H groups in total. The van der Waals surface area contributed by atoms with E-state index in [4.69, 9.17) is 0 Å². The normalized spacial score (nSPS) is 11.1. The van der Waals surface area contributed by atoms with Gasteiger partial charge in [-0.25, -0.2) is 39.5 Å². The van der Waals surface area contributed by atoms with Crippen molar-refractivity contribution in [2.24, 2.45) is 0 Å². The molecular weight excluding hydrogens is 539 g/mol. The van der Waals surface area contributed by atoms with Crippen LogP contribution in [0.1, 0.15) is 0 Å². The highest BCUT2D eigenvalue weighted by molar-refractivity contribution is 6.96. The van der Waals surface area contributed by atoms with Crippen LogP contribution >= 0.6 is 0 Å². The van der Waals surface area contributed by atoms with Crippen molar-refractivity contribution in [1.82, 2.24) is 0 Å². The Balaban J connectivity index is 2.71. The number of methoxy groups -OCH3 is 3. The summed E-state index contributed by atoms with van der Waals surface area (Å²) in [7, 11) is 1.50. The molecule has 0 fully saturated rings. The van der Waals surface area contributed by atoms with Gasteiger partial charge in [0.05, 0.1) is 21.3 Å². The summed E-state index contributed by atoms with van der Waals surface area (Å²) in [5, 5.41) is 0. The number of rotatable bonds is 6. The molecular formula is C21H9BF12O3. The van der Waals surface area contributed by atoms with Crippen LogP contribution in [0.3, 0.4) is 0 Å². The summed E-state index contributed by atoms with van der Waals surface area (Å²) in [6.07, 6.45) is 0. The van der Waals surface area contributed by atoms with Gasteiger partial charge in [0.15, 0.2) is 69.6 Å². The van der Waals surface area contributed by atoms with E-state index in [0.717, 1.165) is 0 Å². The molecule has 0 unspecified atom stereocenters. The average Bonchev–Trinajstić information content (AvgIpc) is 2.86. The van der Waals surface area contributed by atoms with E-state index in [1.807, 2.05) is 0 Å². The number of benzene rings is 3. The fraction of sp³-hybridized carbons (Fsp3) is 0.143. The van der Waals surface area contributed by atoms with Crippen LogP contribution in [-0.2, 0) is 0 Å². The Hall–Kier alpha value is -3.72. The number of hydrogen-bond acceptors (Lipinski definition) is 3. The molecule has 0 aliphatic heterocycles. The summed E-state index contributed by atoms with van der Waals surface area (Å²) in [5.74, 6) is -35.6. The first-order valence-corrected chi connectivity index (χ1v) is 9.47. The number of ether oxygens (including phenoxy) is 3. The highest BCUT2D eigenvalue weighted by atomic mass is 19.2. The smallest absolute Gasteiger partial charge is 0.265 e. The van der Waals surface area contributed by atoms with E-state index in [1.165, 1.54) is 0 Å². The minimum atomic E-state index is -3.48. The van der Waals surface area contributed by atoms with Crippen molar-refractivity contribution in [3.63, 3.8) is 0 Å². The third-order valence-corrected chi connectivity index (χ3v) is 5.25.